The highest BCUT2D eigenvalue weighted by atomic mass is 16.5. The number of aromatic nitrogens is 2. The minimum atomic E-state index is -0.348. The van der Waals surface area contributed by atoms with E-state index in [-0.39, 0.29) is 17.5 Å². The topological polar surface area (TPSA) is 115 Å². The van der Waals surface area contributed by atoms with Crippen molar-refractivity contribution in [1.29, 1.82) is 0 Å². The van der Waals surface area contributed by atoms with Crippen molar-refractivity contribution in [3.8, 4) is 11.5 Å². The predicted molar refractivity (Wildman–Crippen MR) is 109 cm³/mol. The lowest BCUT2D eigenvalue weighted by Crippen LogP contribution is -2.59. The van der Waals surface area contributed by atoms with E-state index in [1.54, 1.807) is 26.4 Å². The molecule has 0 aliphatic carbocycles. The number of hydrogen-bond acceptors (Lipinski definition) is 8. The molecular weight excluding hydrogens is 360 g/mol. The number of nitrogens with two attached hydrogens (primary N) is 1. The lowest BCUT2D eigenvalue weighted by atomic mass is 10.1. The van der Waals surface area contributed by atoms with Crippen LogP contribution in [0, 0.1) is 0 Å². The summed E-state index contributed by atoms with van der Waals surface area (Å²) in [6.07, 6.45) is 0. The number of hydrogen-bond donors (Lipinski definition) is 3. The predicted octanol–water partition coefficient (Wildman–Crippen LogP) is 0.922. The summed E-state index contributed by atoms with van der Waals surface area (Å²) in [4.78, 5) is 23.6. The Morgan fingerprint density at radius 1 is 1.25 bits per heavy atom. The molecule has 2 aromatic rings. The first-order valence-corrected chi connectivity index (χ1v) is 9.21. The van der Waals surface area contributed by atoms with E-state index in [1.165, 1.54) is 0 Å². The van der Waals surface area contributed by atoms with Crippen LogP contribution in [0.4, 0.5) is 11.8 Å². The summed E-state index contributed by atoms with van der Waals surface area (Å²) >= 11 is 0. The number of rotatable bonds is 4. The van der Waals surface area contributed by atoms with Gasteiger partial charge in [-0.2, -0.15) is 4.98 Å². The first-order valence-electron chi connectivity index (χ1n) is 9.21. The average molecular weight is 388 g/mol. The van der Waals surface area contributed by atoms with Gasteiger partial charge in [0.1, 0.15) is 11.9 Å². The summed E-state index contributed by atoms with van der Waals surface area (Å²) in [5.74, 6) is 1.95. The molecule has 28 heavy (non-hydrogen) atoms. The summed E-state index contributed by atoms with van der Waals surface area (Å²) in [5.41, 5.74) is 6.56. The van der Waals surface area contributed by atoms with Crippen LogP contribution in [0.15, 0.2) is 12.1 Å². The lowest BCUT2D eigenvalue weighted by Gasteiger charge is -2.34. The lowest BCUT2D eigenvalue weighted by molar-refractivity contribution is -0.124. The number of carbonyl (C=O) groups is 1. The minimum absolute atomic E-state index is 0.0441. The number of fused-ring (bicyclic) bond motifs is 1. The number of nitrogens with one attached hydrogen (secondary N) is 2. The maximum atomic E-state index is 12.5. The Balaban J connectivity index is 1.89. The molecule has 3 rings (SSSR count). The van der Waals surface area contributed by atoms with Gasteiger partial charge in [0.05, 0.1) is 19.7 Å². The molecule has 0 spiro atoms. The van der Waals surface area contributed by atoms with Gasteiger partial charge in [0.25, 0.3) is 0 Å². The molecule has 0 bridgehead atoms. The monoisotopic (exact) mass is 388 g/mol. The molecule has 2 heterocycles. The largest absolute Gasteiger partial charge is 0.493 e. The summed E-state index contributed by atoms with van der Waals surface area (Å²) in [5, 5.41) is 6.95. The van der Waals surface area contributed by atoms with Crippen LogP contribution in [0.2, 0.25) is 0 Å². The molecule has 9 nitrogen and oxygen atoms in total. The van der Waals surface area contributed by atoms with Gasteiger partial charge in [-0.1, -0.05) is 0 Å². The molecule has 1 aliphatic rings. The van der Waals surface area contributed by atoms with E-state index in [1.807, 2.05) is 25.7 Å². The highest BCUT2D eigenvalue weighted by Gasteiger charge is 2.29. The molecule has 0 radical (unpaired) electrons. The van der Waals surface area contributed by atoms with Gasteiger partial charge in [-0.3, -0.25) is 4.79 Å². The van der Waals surface area contributed by atoms with E-state index >= 15 is 0 Å². The van der Waals surface area contributed by atoms with Gasteiger partial charge < -0.3 is 30.7 Å². The van der Waals surface area contributed by atoms with Crippen LogP contribution >= 0.6 is 0 Å². The third kappa shape index (κ3) is 4.19. The molecule has 1 aromatic carbocycles. The molecule has 1 amide bonds. The molecule has 1 saturated heterocycles. The number of benzene rings is 1. The van der Waals surface area contributed by atoms with Crippen molar-refractivity contribution in [1.82, 2.24) is 20.6 Å². The SMILES string of the molecule is COc1cc2nc(N3CCNC(C(=O)NC(C)(C)C)C3)nc(N)c2cc1OC. The highest BCUT2D eigenvalue weighted by Crippen LogP contribution is 2.34. The van der Waals surface area contributed by atoms with Crippen LogP contribution < -0.4 is 30.7 Å². The van der Waals surface area contributed by atoms with Gasteiger partial charge >= 0.3 is 0 Å². The van der Waals surface area contributed by atoms with Crippen molar-refractivity contribution in [3.05, 3.63) is 12.1 Å². The summed E-state index contributed by atoms with van der Waals surface area (Å²) in [7, 11) is 3.14. The molecule has 1 unspecified atom stereocenters. The Morgan fingerprint density at radius 3 is 2.57 bits per heavy atom. The number of anilines is 2. The molecule has 152 valence electrons. The third-order valence-corrected chi connectivity index (χ3v) is 4.49. The van der Waals surface area contributed by atoms with Crippen LogP contribution in [-0.4, -0.2) is 61.3 Å². The van der Waals surface area contributed by atoms with E-state index < -0.39 is 0 Å². The van der Waals surface area contributed by atoms with E-state index in [4.69, 9.17) is 15.2 Å². The molecule has 0 saturated carbocycles. The Kier molecular flexibility index (Phi) is 5.46. The van der Waals surface area contributed by atoms with Gasteiger partial charge in [0.15, 0.2) is 11.5 Å². The zero-order chi connectivity index (χ0) is 20.5. The first-order chi connectivity index (χ1) is 13.2. The fourth-order valence-electron chi connectivity index (χ4n) is 3.17. The van der Waals surface area contributed by atoms with E-state index in [9.17, 15) is 4.79 Å². The van der Waals surface area contributed by atoms with Crippen LogP contribution in [0.3, 0.4) is 0 Å². The zero-order valence-corrected chi connectivity index (χ0v) is 17.0. The molecule has 4 N–H and O–H groups in total. The van der Waals surface area contributed by atoms with E-state index in [0.29, 0.717) is 53.8 Å². The summed E-state index contributed by atoms with van der Waals surface area (Å²) < 4.78 is 10.7. The van der Waals surface area contributed by atoms with E-state index in [2.05, 4.69) is 20.6 Å². The second-order valence-corrected chi connectivity index (χ2v) is 7.83. The number of amides is 1. The Hall–Kier alpha value is -2.81. The van der Waals surface area contributed by atoms with Gasteiger partial charge in [0, 0.05) is 36.6 Å². The quantitative estimate of drug-likeness (QED) is 0.708. The van der Waals surface area contributed by atoms with E-state index in [0.717, 1.165) is 0 Å². The molecule has 1 aliphatic heterocycles. The van der Waals surface area contributed by atoms with Gasteiger partial charge in [-0.05, 0) is 26.8 Å². The summed E-state index contributed by atoms with van der Waals surface area (Å²) in [6.45, 7) is 7.66. The standard InChI is InChI=1S/C19H28N6O3/c1-19(2,3)24-17(26)13-10-25(7-6-21-13)18-22-12-9-15(28-5)14(27-4)8-11(12)16(20)23-18/h8-9,13,21H,6-7,10H2,1-5H3,(H,24,26)(H2,20,22,23). The fourth-order valence-corrected chi connectivity index (χ4v) is 3.17. The second kappa shape index (κ2) is 7.67. The number of nitrogen functional groups attached to an aromatic ring is 1. The number of methoxy groups -OCH3 is 2. The highest BCUT2D eigenvalue weighted by molar-refractivity contribution is 5.92. The minimum Gasteiger partial charge on any atom is -0.493 e. The van der Waals surface area contributed by atoms with Gasteiger partial charge in [-0.25, -0.2) is 4.98 Å². The number of piperazine rings is 1. The molecule has 1 aromatic heterocycles. The second-order valence-electron chi connectivity index (χ2n) is 7.83. The van der Waals surface area contributed by atoms with Crippen molar-refractivity contribution >= 4 is 28.6 Å². The van der Waals surface area contributed by atoms with Crippen molar-refractivity contribution in [2.45, 2.75) is 32.4 Å². The van der Waals surface area contributed by atoms with Crippen molar-refractivity contribution in [2.24, 2.45) is 0 Å². The zero-order valence-electron chi connectivity index (χ0n) is 17.0. The first kappa shape index (κ1) is 19.9. The van der Waals surface area contributed by atoms with Crippen molar-refractivity contribution in [2.75, 3.05) is 44.5 Å². The molecule has 1 fully saturated rings. The molecule has 1 atom stereocenters. The maximum absolute atomic E-state index is 12.5. The molecule has 9 heteroatoms. The third-order valence-electron chi connectivity index (χ3n) is 4.49. The number of nitrogens with zero attached hydrogens (tertiary/aromatic N) is 3. The van der Waals surface area contributed by atoms with Crippen LogP contribution in [0.5, 0.6) is 11.5 Å². The van der Waals surface area contributed by atoms with Crippen LogP contribution in [-0.2, 0) is 4.79 Å². The van der Waals surface area contributed by atoms with Crippen LogP contribution in [0.1, 0.15) is 20.8 Å². The summed E-state index contributed by atoms with van der Waals surface area (Å²) in [6, 6.07) is 3.20. The van der Waals surface area contributed by atoms with Gasteiger partial charge in [0.2, 0.25) is 11.9 Å². The fraction of sp³-hybridized carbons (Fsp3) is 0.526. The van der Waals surface area contributed by atoms with Gasteiger partial charge in [-0.15, -0.1) is 0 Å². The number of carbonyl (C=O) groups excluding carboxylic acids is 1. The Morgan fingerprint density at radius 2 is 1.93 bits per heavy atom. The van der Waals surface area contributed by atoms with Crippen molar-refractivity contribution in [3.63, 3.8) is 0 Å². The normalized spacial score (nSPS) is 17.5. The maximum Gasteiger partial charge on any atom is 0.239 e. The smallest absolute Gasteiger partial charge is 0.239 e. The number of ether oxygens (including phenoxy) is 2. The van der Waals surface area contributed by atoms with Crippen LogP contribution in [0.25, 0.3) is 10.9 Å². The Labute approximate surface area is 164 Å². The van der Waals surface area contributed by atoms with Crippen molar-refractivity contribution < 1.29 is 14.3 Å². The Bertz CT molecular complexity index is 880. The molecular formula is C19H28N6O3. The average Bonchev–Trinajstić information content (AvgIpc) is 2.65.